The lowest BCUT2D eigenvalue weighted by Gasteiger charge is -2.28. The summed E-state index contributed by atoms with van der Waals surface area (Å²) >= 11 is 0. The van der Waals surface area contributed by atoms with Crippen LogP contribution in [0.1, 0.15) is 36.0 Å². The molecule has 3 rings (SSSR count). The summed E-state index contributed by atoms with van der Waals surface area (Å²) in [6.45, 7) is 0. The predicted molar refractivity (Wildman–Crippen MR) is 108 cm³/mol. The van der Waals surface area contributed by atoms with Crippen LogP contribution in [0.4, 0.5) is 17.5 Å². The number of nitrogens with two attached hydrogens (primary N) is 1. The summed E-state index contributed by atoms with van der Waals surface area (Å²) in [7, 11) is -1.80. The molecular weight excluding hydrogens is 380 g/mol. The Morgan fingerprint density at radius 3 is 2.43 bits per heavy atom. The Balaban J connectivity index is 1.71. The maximum Gasteiger partial charge on any atom is 0.254 e. The third-order valence-electron chi connectivity index (χ3n) is 4.82. The maximum absolute atomic E-state index is 11.9. The SMILES string of the molecule is CNS(=O)(=O)C1CCC(Nc2ncc(C(N)=O)c(Nc3ccccc3)n2)CC1. The van der Waals surface area contributed by atoms with Gasteiger partial charge in [-0.1, -0.05) is 18.2 Å². The molecule has 1 saturated carbocycles. The van der Waals surface area contributed by atoms with Gasteiger partial charge in [-0.25, -0.2) is 18.1 Å². The van der Waals surface area contributed by atoms with Gasteiger partial charge in [0.05, 0.1) is 5.25 Å². The van der Waals surface area contributed by atoms with Gasteiger partial charge < -0.3 is 16.4 Å². The first kappa shape index (κ1) is 20.0. The van der Waals surface area contributed by atoms with Crippen LogP contribution in [-0.2, 0) is 10.0 Å². The van der Waals surface area contributed by atoms with Gasteiger partial charge in [0, 0.05) is 17.9 Å². The van der Waals surface area contributed by atoms with Crippen LogP contribution in [0.5, 0.6) is 0 Å². The van der Waals surface area contributed by atoms with Crippen molar-refractivity contribution in [1.29, 1.82) is 0 Å². The molecule has 5 N–H and O–H groups in total. The molecule has 1 aliphatic carbocycles. The Labute approximate surface area is 164 Å². The van der Waals surface area contributed by atoms with Crippen LogP contribution in [-0.4, -0.2) is 42.6 Å². The van der Waals surface area contributed by atoms with Crippen molar-refractivity contribution in [3.05, 3.63) is 42.1 Å². The lowest BCUT2D eigenvalue weighted by atomic mass is 9.95. The number of rotatable bonds is 7. The highest BCUT2D eigenvalue weighted by Gasteiger charge is 2.30. The van der Waals surface area contributed by atoms with Crippen LogP contribution in [0.25, 0.3) is 0 Å². The number of aromatic nitrogens is 2. The van der Waals surface area contributed by atoms with Gasteiger partial charge >= 0.3 is 0 Å². The lowest BCUT2D eigenvalue weighted by molar-refractivity contribution is 0.100. The molecule has 0 atom stereocenters. The molecule has 1 heterocycles. The second-order valence-corrected chi connectivity index (χ2v) is 8.84. The highest BCUT2D eigenvalue weighted by Crippen LogP contribution is 2.26. The van der Waals surface area contributed by atoms with Gasteiger partial charge in [0.2, 0.25) is 16.0 Å². The minimum Gasteiger partial charge on any atom is -0.365 e. The first-order valence-electron chi connectivity index (χ1n) is 9.07. The summed E-state index contributed by atoms with van der Waals surface area (Å²) < 4.78 is 26.3. The monoisotopic (exact) mass is 404 g/mol. The second-order valence-electron chi connectivity index (χ2n) is 6.68. The Hall–Kier alpha value is -2.72. The van der Waals surface area contributed by atoms with E-state index in [4.69, 9.17) is 5.73 Å². The average molecular weight is 404 g/mol. The molecule has 0 aliphatic heterocycles. The molecule has 0 unspecified atom stereocenters. The van der Waals surface area contributed by atoms with Crippen LogP contribution in [0, 0.1) is 0 Å². The first-order chi connectivity index (χ1) is 13.4. The van der Waals surface area contributed by atoms with E-state index in [2.05, 4.69) is 25.3 Å². The van der Waals surface area contributed by atoms with Gasteiger partial charge in [0.1, 0.15) is 11.4 Å². The van der Waals surface area contributed by atoms with Crippen molar-refractivity contribution in [2.24, 2.45) is 5.73 Å². The van der Waals surface area contributed by atoms with Crippen LogP contribution in [0.2, 0.25) is 0 Å². The van der Waals surface area contributed by atoms with Crippen LogP contribution < -0.4 is 21.1 Å². The number of nitrogens with one attached hydrogen (secondary N) is 3. The third kappa shape index (κ3) is 4.76. The number of hydrogen-bond donors (Lipinski definition) is 4. The van der Waals surface area contributed by atoms with Gasteiger partial charge in [-0.05, 0) is 44.9 Å². The van der Waals surface area contributed by atoms with Crippen LogP contribution >= 0.6 is 0 Å². The van der Waals surface area contributed by atoms with E-state index in [-0.39, 0.29) is 16.9 Å². The van der Waals surface area contributed by atoms with Gasteiger partial charge in [-0.15, -0.1) is 0 Å². The second kappa shape index (κ2) is 8.53. The number of amides is 1. The molecule has 1 amide bonds. The Morgan fingerprint density at radius 1 is 1.14 bits per heavy atom. The topological polar surface area (TPSA) is 139 Å². The largest absolute Gasteiger partial charge is 0.365 e. The smallest absolute Gasteiger partial charge is 0.254 e. The maximum atomic E-state index is 11.9. The van der Waals surface area contributed by atoms with E-state index < -0.39 is 15.9 Å². The summed E-state index contributed by atoms with van der Waals surface area (Å²) in [6.07, 6.45) is 3.90. The number of para-hydroxylation sites is 1. The van der Waals surface area contributed by atoms with Crippen LogP contribution in [0.3, 0.4) is 0 Å². The quantitative estimate of drug-likeness (QED) is 0.549. The number of anilines is 3. The molecule has 9 nitrogen and oxygen atoms in total. The van der Waals surface area contributed by atoms with Crippen molar-refractivity contribution in [3.63, 3.8) is 0 Å². The number of carbonyl (C=O) groups is 1. The molecule has 0 saturated heterocycles. The van der Waals surface area contributed by atoms with Crippen molar-refractivity contribution in [3.8, 4) is 0 Å². The molecular formula is C18H24N6O3S. The van der Waals surface area contributed by atoms with Crippen molar-refractivity contribution in [1.82, 2.24) is 14.7 Å². The van der Waals surface area contributed by atoms with E-state index in [0.29, 0.717) is 37.4 Å². The van der Waals surface area contributed by atoms with E-state index in [1.54, 1.807) is 0 Å². The number of sulfonamides is 1. The Bertz CT molecular complexity index is 928. The zero-order valence-electron chi connectivity index (χ0n) is 15.6. The first-order valence-corrected chi connectivity index (χ1v) is 10.6. The Morgan fingerprint density at radius 2 is 1.82 bits per heavy atom. The average Bonchev–Trinajstić information content (AvgIpc) is 2.69. The molecule has 1 fully saturated rings. The molecule has 2 aromatic rings. The zero-order chi connectivity index (χ0) is 20.1. The summed E-state index contributed by atoms with van der Waals surface area (Å²) in [5.41, 5.74) is 6.39. The van der Waals surface area contributed by atoms with Gasteiger partial charge in [-0.3, -0.25) is 4.79 Å². The number of primary amides is 1. The summed E-state index contributed by atoms with van der Waals surface area (Å²) in [5, 5.41) is 5.95. The molecule has 1 aromatic carbocycles. The van der Waals surface area contributed by atoms with Gasteiger partial charge in [0.25, 0.3) is 5.91 Å². The standard InChI is InChI=1S/C18H24N6O3S/c1-20-28(26,27)14-9-7-13(8-10-14)23-18-21-11-15(16(19)25)17(24-18)22-12-5-3-2-4-6-12/h2-6,11,13-14,20H,7-10H2,1H3,(H2,19,25)(H2,21,22,23,24). The molecule has 0 bridgehead atoms. The fourth-order valence-corrected chi connectivity index (χ4v) is 4.48. The van der Waals surface area contributed by atoms with E-state index in [0.717, 1.165) is 5.69 Å². The minimum absolute atomic E-state index is 0.0623. The van der Waals surface area contributed by atoms with Gasteiger partial charge in [-0.2, -0.15) is 4.98 Å². The fourth-order valence-electron chi connectivity index (χ4n) is 3.25. The lowest BCUT2D eigenvalue weighted by Crippen LogP contribution is -2.38. The molecule has 10 heteroatoms. The van der Waals surface area contributed by atoms with E-state index in [1.165, 1.54) is 13.2 Å². The minimum atomic E-state index is -3.24. The molecule has 1 aromatic heterocycles. The highest BCUT2D eigenvalue weighted by molar-refractivity contribution is 7.90. The molecule has 0 spiro atoms. The van der Waals surface area contributed by atoms with Crippen molar-refractivity contribution < 1.29 is 13.2 Å². The van der Waals surface area contributed by atoms with E-state index in [9.17, 15) is 13.2 Å². The fraction of sp³-hybridized carbons (Fsp3) is 0.389. The van der Waals surface area contributed by atoms with E-state index >= 15 is 0 Å². The Kier molecular flexibility index (Phi) is 6.10. The van der Waals surface area contributed by atoms with Crippen molar-refractivity contribution in [2.75, 3.05) is 17.7 Å². The number of carbonyl (C=O) groups excluding carboxylic acids is 1. The normalized spacial score (nSPS) is 19.8. The number of hydrogen-bond acceptors (Lipinski definition) is 7. The number of nitrogens with zero attached hydrogens (tertiary/aromatic N) is 2. The molecule has 28 heavy (non-hydrogen) atoms. The number of benzene rings is 1. The zero-order valence-corrected chi connectivity index (χ0v) is 16.4. The van der Waals surface area contributed by atoms with Gasteiger partial charge in [0.15, 0.2) is 0 Å². The predicted octanol–water partition coefficient (Wildman–Crippen LogP) is 1.59. The third-order valence-corrected chi connectivity index (χ3v) is 6.74. The summed E-state index contributed by atoms with van der Waals surface area (Å²) in [5.74, 6) is 0.0637. The summed E-state index contributed by atoms with van der Waals surface area (Å²) in [6, 6.07) is 9.38. The van der Waals surface area contributed by atoms with Crippen molar-refractivity contribution >= 4 is 33.4 Å². The highest BCUT2D eigenvalue weighted by atomic mass is 32.2. The summed E-state index contributed by atoms with van der Waals surface area (Å²) in [4.78, 5) is 20.3. The van der Waals surface area contributed by atoms with Crippen molar-refractivity contribution in [2.45, 2.75) is 37.0 Å². The molecule has 150 valence electrons. The molecule has 1 aliphatic rings. The molecule has 0 radical (unpaired) electrons. The van der Waals surface area contributed by atoms with Crippen LogP contribution in [0.15, 0.2) is 36.5 Å². The van der Waals surface area contributed by atoms with E-state index in [1.807, 2.05) is 30.3 Å².